The van der Waals surface area contributed by atoms with Crippen LogP contribution in [0.3, 0.4) is 0 Å². The topological polar surface area (TPSA) is 42.4 Å². The molecule has 0 saturated heterocycles. The Hall–Kier alpha value is -0.910. The van der Waals surface area contributed by atoms with E-state index in [0.29, 0.717) is 12.4 Å². The van der Waals surface area contributed by atoms with E-state index < -0.39 is 6.10 Å². The molecule has 0 bridgehead atoms. The SMILES string of the molecule is CC(O)c1ccc(Br)cc1OCc1nccs1. The Morgan fingerprint density at radius 1 is 1.53 bits per heavy atom. The van der Waals surface area contributed by atoms with Crippen LogP contribution < -0.4 is 4.74 Å². The fourth-order valence-corrected chi connectivity index (χ4v) is 2.31. The Morgan fingerprint density at radius 3 is 3.00 bits per heavy atom. The van der Waals surface area contributed by atoms with Crippen LogP contribution in [-0.4, -0.2) is 10.1 Å². The number of rotatable bonds is 4. The summed E-state index contributed by atoms with van der Waals surface area (Å²) in [4.78, 5) is 4.15. The lowest BCUT2D eigenvalue weighted by molar-refractivity contribution is 0.190. The fourth-order valence-electron chi connectivity index (χ4n) is 1.44. The van der Waals surface area contributed by atoms with Gasteiger partial charge in [0.25, 0.3) is 0 Å². The van der Waals surface area contributed by atoms with E-state index in [2.05, 4.69) is 20.9 Å². The molecule has 90 valence electrons. The average molecular weight is 314 g/mol. The minimum absolute atomic E-state index is 0.424. The van der Waals surface area contributed by atoms with Crippen molar-refractivity contribution < 1.29 is 9.84 Å². The molecular weight excluding hydrogens is 302 g/mol. The van der Waals surface area contributed by atoms with E-state index in [9.17, 15) is 5.11 Å². The molecule has 17 heavy (non-hydrogen) atoms. The summed E-state index contributed by atoms with van der Waals surface area (Å²) in [6, 6.07) is 5.60. The number of aliphatic hydroxyl groups excluding tert-OH is 1. The Labute approximate surface area is 112 Å². The van der Waals surface area contributed by atoms with E-state index in [1.165, 1.54) is 0 Å². The van der Waals surface area contributed by atoms with Crippen molar-refractivity contribution in [2.45, 2.75) is 19.6 Å². The lowest BCUT2D eigenvalue weighted by atomic mass is 10.1. The van der Waals surface area contributed by atoms with Gasteiger partial charge in [-0.15, -0.1) is 11.3 Å². The molecule has 1 aromatic carbocycles. The third-order valence-corrected chi connectivity index (χ3v) is 3.51. The maximum atomic E-state index is 9.64. The van der Waals surface area contributed by atoms with Gasteiger partial charge in [-0.2, -0.15) is 0 Å². The van der Waals surface area contributed by atoms with Crippen LogP contribution in [0.2, 0.25) is 0 Å². The summed E-state index contributed by atoms with van der Waals surface area (Å²) >= 11 is 4.94. The lowest BCUT2D eigenvalue weighted by Crippen LogP contribution is -2.00. The van der Waals surface area contributed by atoms with Crippen molar-refractivity contribution in [3.05, 3.63) is 44.8 Å². The van der Waals surface area contributed by atoms with E-state index in [0.717, 1.165) is 15.0 Å². The highest BCUT2D eigenvalue weighted by Crippen LogP contribution is 2.29. The highest BCUT2D eigenvalue weighted by atomic mass is 79.9. The molecule has 1 N–H and O–H groups in total. The first-order valence-corrected chi connectivity index (χ1v) is 6.83. The number of benzene rings is 1. The number of aliphatic hydroxyl groups is 1. The van der Waals surface area contributed by atoms with Crippen molar-refractivity contribution in [1.82, 2.24) is 4.98 Å². The van der Waals surface area contributed by atoms with Crippen molar-refractivity contribution in [2.24, 2.45) is 0 Å². The van der Waals surface area contributed by atoms with Gasteiger partial charge in [0.05, 0.1) is 6.10 Å². The minimum Gasteiger partial charge on any atom is -0.486 e. The molecule has 0 saturated carbocycles. The quantitative estimate of drug-likeness (QED) is 0.938. The maximum absolute atomic E-state index is 9.64. The first kappa shape index (κ1) is 12.5. The van der Waals surface area contributed by atoms with Gasteiger partial charge in [-0.05, 0) is 19.1 Å². The number of hydrogen-bond acceptors (Lipinski definition) is 4. The normalized spacial score (nSPS) is 12.4. The number of halogens is 1. The van der Waals surface area contributed by atoms with Crippen LogP contribution >= 0.6 is 27.3 Å². The summed E-state index contributed by atoms with van der Waals surface area (Å²) in [5.74, 6) is 0.685. The van der Waals surface area contributed by atoms with Crippen LogP contribution in [0.4, 0.5) is 0 Å². The van der Waals surface area contributed by atoms with Gasteiger partial charge in [0, 0.05) is 21.6 Å². The Balaban J connectivity index is 2.16. The zero-order chi connectivity index (χ0) is 12.3. The van der Waals surface area contributed by atoms with Crippen LogP contribution in [0.5, 0.6) is 5.75 Å². The third-order valence-electron chi connectivity index (χ3n) is 2.26. The van der Waals surface area contributed by atoms with E-state index in [1.54, 1.807) is 24.5 Å². The van der Waals surface area contributed by atoms with Gasteiger partial charge in [-0.25, -0.2) is 4.98 Å². The molecule has 3 nitrogen and oxygen atoms in total. The second-order valence-electron chi connectivity index (χ2n) is 3.57. The van der Waals surface area contributed by atoms with E-state index in [-0.39, 0.29) is 0 Å². The molecule has 1 atom stereocenters. The summed E-state index contributed by atoms with van der Waals surface area (Å²) in [5, 5.41) is 12.5. The molecule has 0 aliphatic rings. The molecule has 5 heteroatoms. The summed E-state index contributed by atoms with van der Waals surface area (Å²) in [7, 11) is 0. The minimum atomic E-state index is -0.547. The largest absolute Gasteiger partial charge is 0.486 e. The first-order chi connectivity index (χ1) is 8.16. The van der Waals surface area contributed by atoms with Crippen molar-refractivity contribution in [2.75, 3.05) is 0 Å². The molecule has 0 amide bonds. The van der Waals surface area contributed by atoms with Gasteiger partial charge in [-0.1, -0.05) is 22.0 Å². The first-order valence-electron chi connectivity index (χ1n) is 5.15. The monoisotopic (exact) mass is 313 g/mol. The standard InChI is InChI=1S/C12H12BrNO2S/c1-8(15)10-3-2-9(13)6-11(10)16-7-12-14-4-5-17-12/h2-6,8,15H,7H2,1H3. The maximum Gasteiger partial charge on any atom is 0.140 e. The van der Waals surface area contributed by atoms with Crippen LogP contribution in [0.25, 0.3) is 0 Å². The van der Waals surface area contributed by atoms with E-state index in [4.69, 9.17) is 4.74 Å². The lowest BCUT2D eigenvalue weighted by Gasteiger charge is -2.13. The second-order valence-corrected chi connectivity index (χ2v) is 5.47. The smallest absolute Gasteiger partial charge is 0.140 e. The number of thiazole rings is 1. The van der Waals surface area contributed by atoms with Gasteiger partial charge >= 0.3 is 0 Å². The van der Waals surface area contributed by atoms with Crippen molar-refractivity contribution in [3.63, 3.8) is 0 Å². The molecule has 2 rings (SSSR count). The summed E-state index contributed by atoms with van der Waals surface area (Å²) in [6.45, 7) is 2.15. The van der Waals surface area contributed by atoms with Gasteiger partial charge < -0.3 is 9.84 Å². The Kier molecular flexibility index (Phi) is 4.15. The summed E-state index contributed by atoms with van der Waals surface area (Å²) in [6.07, 6.45) is 1.20. The van der Waals surface area contributed by atoms with Crippen LogP contribution in [0.15, 0.2) is 34.2 Å². The fraction of sp³-hybridized carbons (Fsp3) is 0.250. The van der Waals surface area contributed by atoms with Crippen LogP contribution in [0.1, 0.15) is 23.6 Å². The molecular formula is C12H12BrNO2S. The highest BCUT2D eigenvalue weighted by molar-refractivity contribution is 9.10. The van der Waals surface area contributed by atoms with Crippen molar-refractivity contribution in [1.29, 1.82) is 0 Å². The van der Waals surface area contributed by atoms with Gasteiger partial charge in [-0.3, -0.25) is 0 Å². The summed E-state index contributed by atoms with van der Waals surface area (Å²) in [5.41, 5.74) is 0.782. The van der Waals surface area contributed by atoms with E-state index >= 15 is 0 Å². The highest BCUT2D eigenvalue weighted by Gasteiger charge is 2.10. The van der Waals surface area contributed by atoms with Gasteiger partial charge in [0.1, 0.15) is 17.4 Å². The molecule has 1 heterocycles. The molecule has 2 aromatic rings. The molecule has 1 aromatic heterocycles. The number of aromatic nitrogens is 1. The Morgan fingerprint density at radius 2 is 2.35 bits per heavy atom. The van der Waals surface area contributed by atoms with Crippen molar-refractivity contribution in [3.8, 4) is 5.75 Å². The average Bonchev–Trinajstić information content (AvgIpc) is 2.78. The molecule has 0 spiro atoms. The van der Waals surface area contributed by atoms with Crippen LogP contribution in [0, 0.1) is 0 Å². The molecule has 0 aliphatic heterocycles. The molecule has 0 fully saturated rings. The molecule has 0 radical (unpaired) electrons. The Bertz CT molecular complexity index is 485. The van der Waals surface area contributed by atoms with E-state index in [1.807, 2.05) is 23.6 Å². The van der Waals surface area contributed by atoms with Crippen molar-refractivity contribution >= 4 is 27.3 Å². The zero-order valence-corrected chi connectivity index (χ0v) is 11.7. The third kappa shape index (κ3) is 3.28. The number of ether oxygens (including phenoxy) is 1. The van der Waals surface area contributed by atoms with Gasteiger partial charge in [0.15, 0.2) is 0 Å². The predicted molar refractivity (Wildman–Crippen MR) is 71.2 cm³/mol. The molecule has 0 aliphatic carbocycles. The molecule has 1 unspecified atom stereocenters. The number of nitrogens with zero attached hydrogens (tertiary/aromatic N) is 1. The zero-order valence-electron chi connectivity index (χ0n) is 9.26. The second kappa shape index (κ2) is 5.62. The van der Waals surface area contributed by atoms with Gasteiger partial charge in [0.2, 0.25) is 0 Å². The van der Waals surface area contributed by atoms with Crippen LogP contribution in [-0.2, 0) is 6.61 Å². The number of hydrogen-bond donors (Lipinski definition) is 1. The summed E-state index contributed by atoms with van der Waals surface area (Å²) < 4.78 is 6.61. The predicted octanol–water partition coefficient (Wildman–Crippen LogP) is 3.54.